The summed E-state index contributed by atoms with van der Waals surface area (Å²) in [7, 11) is 1.84. The lowest BCUT2D eigenvalue weighted by atomic mass is 10.1. The molecule has 0 aromatic carbocycles. The highest BCUT2D eigenvalue weighted by Crippen LogP contribution is 2.21. The number of nitrogens with one attached hydrogen (secondary N) is 2. The first kappa shape index (κ1) is 15.3. The topological polar surface area (TPSA) is 85.0 Å². The first-order valence-corrected chi connectivity index (χ1v) is 6.60. The van der Waals surface area contributed by atoms with Gasteiger partial charge in [0.25, 0.3) is 0 Å². The summed E-state index contributed by atoms with van der Waals surface area (Å²) in [5.41, 5.74) is 7.34. The summed E-state index contributed by atoms with van der Waals surface area (Å²) < 4.78 is 1.72. The number of amides is 1. The smallest absolute Gasteiger partial charge is 0.222 e. The van der Waals surface area contributed by atoms with Gasteiger partial charge in [-0.3, -0.25) is 9.48 Å². The zero-order valence-electron chi connectivity index (χ0n) is 12.5. The standard InChI is InChI=1S/C13H25N5O/c1-6-9-11(14)12(18(5)17-9)15-8-7-10(19)16-13(2,3)4/h15H,6-8,14H2,1-5H3,(H,16,19). The predicted molar refractivity (Wildman–Crippen MR) is 78.0 cm³/mol. The molecule has 0 aliphatic heterocycles. The van der Waals surface area contributed by atoms with Gasteiger partial charge in [-0.15, -0.1) is 0 Å². The molecule has 0 saturated heterocycles. The van der Waals surface area contributed by atoms with E-state index in [-0.39, 0.29) is 11.4 Å². The van der Waals surface area contributed by atoms with E-state index in [1.54, 1.807) is 4.68 Å². The third kappa shape index (κ3) is 4.46. The third-order valence-corrected chi connectivity index (χ3v) is 2.65. The Hall–Kier alpha value is -1.72. The molecule has 0 radical (unpaired) electrons. The third-order valence-electron chi connectivity index (χ3n) is 2.65. The van der Waals surface area contributed by atoms with Gasteiger partial charge < -0.3 is 16.4 Å². The predicted octanol–water partition coefficient (Wildman–Crippen LogP) is 1.28. The van der Waals surface area contributed by atoms with Crippen LogP contribution in [0.4, 0.5) is 11.5 Å². The second-order valence-corrected chi connectivity index (χ2v) is 5.66. The van der Waals surface area contributed by atoms with Crippen molar-refractivity contribution < 1.29 is 4.79 Å². The minimum atomic E-state index is -0.196. The normalized spacial score (nSPS) is 11.4. The van der Waals surface area contributed by atoms with Crippen LogP contribution in [0.25, 0.3) is 0 Å². The molecule has 108 valence electrons. The molecule has 1 aromatic heterocycles. The van der Waals surface area contributed by atoms with Crippen LogP contribution in [-0.4, -0.2) is 27.8 Å². The number of nitrogens with zero attached hydrogens (tertiary/aromatic N) is 2. The molecule has 0 atom stereocenters. The van der Waals surface area contributed by atoms with Gasteiger partial charge in [0.15, 0.2) is 0 Å². The summed E-state index contributed by atoms with van der Waals surface area (Å²) in [5, 5.41) is 10.4. The van der Waals surface area contributed by atoms with E-state index in [4.69, 9.17) is 5.73 Å². The summed E-state index contributed by atoms with van der Waals surface area (Å²) in [4.78, 5) is 11.7. The number of nitrogen functional groups attached to an aromatic ring is 1. The Kier molecular flexibility index (Phi) is 4.80. The lowest BCUT2D eigenvalue weighted by Gasteiger charge is -2.20. The van der Waals surface area contributed by atoms with E-state index < -0.39 is 0 Å². The molecule has 1 rings (SSSR count). The molecule has 0 fully saturated rings. The summed E-state index contributed by atoms with van der Waals surface area (Å²) >= 11 is 0. The fourth-order valence-corrected chi connectivity index (χ4v) is 1.84. The van der Waals surface area contributed by atoms with E-state index >= 15 is 0 Å². The van der Waals surface area contributed by atoms with E-state index in [0.29, 0.717) is 18.7 Å². The number of hydrogen-bond donors (Lipinski definition) is 3. The molecule has 1 aromatic rings. The summed E-state index contributed by atoms with van der Waals surface area (Å²) in [6.45, 7) is 8.44. The maximum atomic E-state index is 11.7. The number of anilines is 2. The fraction of sp³-hybridized carbons (Fsp3) is 0.692. The minimum absolute atomic E-state index is 0.0245. The lowest BCUT2D eigenvalue weighted by Crippen LogP contribution is -2.41. The Morgan fingerprint density at radius 1 is 1.42 bits per heavy atom. The van der Waals surface area contributed by atoms with Gasteiger partial charge in [0, 0.05) is 25.6 Å². The van der Waals surface area contributed by atoms with Crippen LogP contribution in [-0.2, 0) is 18.3 Å². The van der Waals surface area contributed by atoms with Crippen molar-refractivity contribution in [2.75, 3.05) is 17.6 Å². The summed E-state index contributed by atoms with van der Waals surface area (Å²) in [6.07, 6.45) is 1.20. The van der Waals surface area contributed by atoms with Crippen molar-refractivity contribution in [3.8, 4) is 0 Å². The molecule has 4 N–H and O–H groups in total. The van der Waals surface area contributed by atoms with Crippen LogP contribution in [0.2, 0.25) is 0 Å². The quantitative estimate of drug-likeness (QED) is 0.750. The molecule has 0 unspecified atom stereocenters. The van der Waals surface area contributed by atoms with Crippen molar-refractivity contribution in [1.82, 2.24) is 15.1 Å². The number of rotatable bonds is 5. The van der Waals surface area contributed by atoms with Crippen molar-refractivity contribution in [3.63, 3.8) is 0 Å². The molecule has 19 heavy (non-hydrogen) atoms. The number of nitrogens with two attached hydrogens (primary N) is 1. The summed E-state index contributed by atoms with van der Waals surface area (Å²) in [6, 6.07) is 0. The SMILES string of the molecule is CCc1nn(C)c(NCCC(=O)NC(C)(C)C)c1N. The average molecular weight is 267 g/mol. The van der Waals surface area contributed by atoms with Crippen LogP contribution in [0.15, 0.2) is 0 Å². The molecule has 0 bridgehead atoms. The van der Waals surface area contributed by atoms with Crippen molar-refractivity contribution in [3.05, 3.63) is 5.69 Å². The molecular formula is C13H25N5O. The molecular weight excluding hydrogens is 242 g/mol. The van der Waals surface area contributed by atoms with Crippen LogP contribution in [0.1, 0.15) is 39.8 Å². The molecule has 0 aliphatic carbocycles. The van der Waals surface area contributed by atoms with Gasteiger partial charge in [-0.05, 0) is 27.2 Å². The Morgan fingerprint density at radius 2 is 2.05 bits per heavy atom. The van der Waals surface area contributed by atoms with Gasteiger partial charge in [-0.1, -0.05) is 6.92 Å². The van der Waals surface area contributed by atoms with Crippen molar-refractivity contribution in [2.45, 2.75) is 46.1 Å². The van der Waals surface area contributed by atoms with E-state index in [9.17, 15) is 4.79 Å². The molecule has 1 heterocycles. The Balaban J connectivity index is 2.50. The number of carbonyl (C=O) groups is 1. The lowest BCUT2D eigenvalue weighted by molar-refractivity contribution is -0.122. The Labute approximate surface area is 114 Å². The van der Waals surface area contributed by atoms with Crippen LogP contribution in [0.3, 0.4) is 0 Å². The van der Waals surface area contributed by atoms with Crippen molar-refractivity contribution in [2.24, 2.45) is 7.05 Å². The number of hydrogen-bond acceptors (Lipinski definition) is 4. The Bertz CT molecular complexity index is 445. The number of carbonyl (C=O) groups excluding carboxylic acids is 1. The van der Waals surface area contributed by atoms with Gasteiger partial charge >= 0.3 is 0 Å². The highest BCUT2D eigenvalue weighted by molar-refractivity contribution is 5.77. The molecule has 1 amide bonds. The molecule has 6 heteroatoms. The summed E-state index contributed by atoms with van der Waals surface area (Å²) in [5.74, 6) is 0.803. The minimum Gasteiger partial charge on any atom is -0.394 e. The van der Waals surface area contributed by atoms with E-state index in [1.165, 1.54) is 0 Å². The van der Waals surface area contributed by atoms with Crippen molar-refractivity contribution in [1.29, 1.82) is 0 Å². The van der Waals surface area contributed by atoms with Crippen LogP contribution < -0.4 is 16.4 Å². The largest absolute Gasteiger partial charge is 0.394 e. The van der Waals surface area contributed by atoms with Gasteiger partial charge in [0.1, 0.15) is 5.82 Å². The fourth-order valence-electron chi connectivity index (χ4n) is 1.84. The van der Waals surface area contributed by atoms with Crippen LogP contribution in [0, 0.1) is 0 Å². The van der Waals surface area contributed by atoms with E-state index in [0.717, 1.165) is 17.9 Å². The highest BCUT2D eigenvalue weighted by atomic mass is 16.1. The zero-order valence-corrected chi connectivity index (χ0v) is 12.5. The van der Waals surface area contributed by atoms with Gasteiger partial charge in [-0.2, -0.15) is 5.10 Å². The van der Waals surface area contributed by atoms with Gasteiger partial charge in [-0.25, -0.2) is 0 Å². The van der Waals surface area contributed by atoms with Gasteiger partial charge in [0.05, 0.1) is 11.4 Å². The van der Waals surface area contributed by atoms with Crippen molar-refractivity contribution >= 4 is 17.4 Å². The second-order valence-electron chi connectivity index (χ2n) is 5.66. The number of aryl methyl sites for hydroxylation is 2. The van der Waals surface area contributed by atoms with E-state index in [2.05, 4.69) is 15.7 Å². The molecule has 0 spiro atoms. The first-order valence-electron chi connectivity index (χ1n) is 6.60. The Morgan fingerprint density at radius 3 is 2.53 bits per heavy atom. The van der Waals surface area contributed by atoms with Gasteiger partial charge in [0.2, 0.25) is 5.91 Å². The van der Waals surface area contributed by atoms with E-state index in [1.807, 2.05) is 34.7 Å². The highest BCUT2D eigenvalue weighted by Gasteiger charge is 2.14. The molecule has 6 nitrogen and oxygen atoms in total. The van der Waals surface area contributed by atoms with Crippen LogP contribution in [0.5, 0.6) is 0 Å². The second kappa shape index (κ2) is 5.95. The maximum absolute atomic E-state index is 11.7. The maximum Gasteiger partial charge on any atom is 0.222 e. The monoisotopic (exact) mass is 267 g/mol. The molecule has 0 aliphatic rings. The number of aromatic nitrogens is 2. The zero-order chi connectivity index (χ0) is 14.6. The van der Waals surface area contributed by atoms with Crippen LogP contribution >= 0.6 is 0 Å². The average Bonchev–Trinajstić information content (AvgIpc) is 2.53. The molecule has 0 saturated carbocycles. The first-order chi connectivity index (χ1) is 8.74.